The monoisotopic (exact) mass is 386 g/mol. The highest BCUT2D eigenvalue weighted by atomic mass is 19.1. The summed E-state index contributed by atoms with van der Waals surface area (Å²) >= 11 is 0. The number of hydrogen-bond acceptors (Lipinski definition) is 5. The minimum absolute atomic E-state index is 0.0384. The summed E-state index contributed by atoms with van der Waals surface area (Å²) in [7, 11) is 1.28. The Morgan fingerprint density at radius 3 is 2.54 bits per heavy atom. The molecule has 6 nitrogen and oxygen atoms in total. The standard InChI is InChI=1S/C21H23FN2O4/c1-6-27-19-11-14(7-10-18(19)28-13(2)3)20(21(25)26-5)24-15-8-9-17(23-4)16(22)12-15/h7-13,20,24H,6H2,1-3,5H3. The van der Waals surface area contributed by atoms with Crippen LogP contribution < -0.4 is 14.8 Å². The van der Waals surface area contributed by atoms with Crippen LogP contribution >= 0.6 is 0 Å². The Hall–Kier alpha value is -3.27. The maximum atomic E-state index is 13.9. The third-order valence-corrected chi connectivity index (χ3v) is 3.78. The highest BCUT2D eigenvalue weighted by molar-refractivity contribution is 5.81. The van der Waals surface area contributed by atoms with Gasteiger partial charge in [-0.15, -0.1) is 0 Å². The molecule has 2 aromatic rings. The van der Waals surface area contributed by atoms with Crippen LogP contribution in [0, 0.1) is 12.4 Å². The van der Waals surface area contributed by atoms with E-state index in [-0.39, 0.29) is 11.8 Å². The zero-order valence-corrected chi connectivity index (χ0v) is 16.3. The maximum absolute atomic E-state index is 13.9. The summed E-state index contributed by atoms with van der Waals surface area (Å²) in [6.07, 6.45) is -0.0384. The molecule has 1 unspecified atom stereocenters. The summed E-state index contributed by atoms with van der Waals surface area (Å²) in [6.45, 7) is 13.0. The SMILES string of the molecule is [C-]#[N+]c1ccc(NC(C(=O)OC)c2ccc(OC(C)C)c(OCC)c2)cc1F. The van der Waals surface area contributed by atoms with E-state index in [1.165, 1.54) is 25.3 Å². The van der Waals surface area contributed by atoms with Gasteiger partial charge in [-0.1, -0.05) is 12.1 Å². The molecule has 0 bridgehead atoms. The predicted molar refractivity (Wildman–Crippen MR) is 104 cm³/mol. The van der Waals surface area contributed by atoms with Crippen molar-refractivity contribution in [1.82, 2.24) is 0 Å². The first-order valence-electron chi connectivity index (χ1n) is 8.84. The minimum atomic E-state index is -0.893. The van der Waals surface area contributed by atoms with Crippen molar-refractivity contribution >= 4 is 17.3 Å². The van der Waals surface area contributed by atoms with Crippen molar-refractivity contribution in [1.29, 1.82) is 0 Å². The lowest BCUT2D eigenvalue weighted by molar-refractivity contribution is -0.141. The smallest absolute Gasteiger partial charge is 0.332 e. The van der Waals surface area contributed by atoms with Crippen LogP contribution in [0.4, 0.5) is 15.8 Å². The van der Waals surface area contributed by atoms with E-state index < -0.39 is 17.8 Å². The molecule has 7 heteroatoms. The van der Waals surface area contributed by atoms with Gasteiger partial charge in [0.15, 0.2) is 17.5 Å². The van der Waals surface area contributed by atoms with E-state index in [9.17, 15) is 9.18 Å². The molecule has 2 aromatic carbocycles. The number of hydrogen-bond donors (Lipinski definition) is 1. The van der Waals surface area contributed by atoms with Crippen LogP contribution in [-0.2, 0) is 9.53 Å². The van der Waals surface area contributed by atoms with E-state index in [4.69, 9.17) is 20.8 Å². The molecule has 0 heterocycles. The number of halogens is 1. The number of benzene rings is 2. The van der Waals surface area contributed by atoms with Gasteiger partial charge in [0.2, 0.25) is 5.69 Å². The molecule has 0 radical (unpaired) electrons. The third kappa shape index (κ3) is 5.13. The van der Waals surface area contributed by atoms with Crippen LogP contribution in [0.3, 0.4) is 0 Å². The quantitative estimate of drug-likeness (QED) is 0.517. The highest BCUT2D eigenvalue weighted by Crippen LogP contribution is 2.33. The predicted octanol–water partition coefficient (Wildman–Crippen LogP) is 4.89. The van der Waals surface area contributed by atoms with Gasteiger partial charge in [-0.3, -0.25) is 0 Å². The van der Waals surface area contributed by atoms with Gasteiger partial charge >= 0.3 is 5.97 Å². The first-order chi connectivity index (χ1) is 13.4. The first kappa shape index (κ1) is 21.0. The Morgan fingerprint density at radius 1 is 1.21 bits per heavy atom. The molecular formula is C21H23FN2O4. The largest absolute Gasteiger partial charge is 0.490 e. The van der Waals surface area contributed by atoms with E-state index in [0.29, 0.717) is 29.4 Å². The molecule has 0 amide bonds. The fraction of sp³-hybridized carbons (Fsp3) is 0.333. The summed E-state index contributed by atoms with van der Waals surface area (Å²) in [5.41, 5.74) is 0.829. The molecule has 0 fully saturated rings. The fourth-order valence-electron chi connectivity index (χ4n) is 2.57. The van der Waals surface area contributed by atoms with Gasteiger partial charge < -0.3 is 19.5 Å². The number of nitrogens with one attached hydrogen (secondary N) is 1. The molecule has 0 saturated carbocycles. The number of carbonyl (C=O) groups is 1. The van der Waals surface area contributed by atoms with Gasteiger partial charge in [0.1, 0.15) is 5.82 Å². The van der Waals surface area contributed by atoms with Gasteiger partial charge in [0, 0.05) is 5.69 Å². The Morgan fingerprint density at radius 2 is 1.96 bits per heavy atom. The summed E-state index contributed by atoms with van der Waals surface area (Å²) in [5, 5.41) is 2.95. The van der Waals surface area contributed by atoms with Crippen molar-refractivity contribution in [2.45, 2.75) is 32.9 Å². The molecule has 0 aromatic heterocycles. The van der Waals surface area contributed by atoms with Gasteiger partial charge in [0.05, 0.1) is 26.4 Å². The van der Waals surface area contributed by atoms with E-state index in [1.807, 2.05) is 20.8 Å². The summed E-state index contributed by atoms with van der Waals surface area (Å²) in [6, 6.07) is 8.30. The Labute approximate surface area is 164 Å². The molecule has 0 spiro atoms. The first-order valence-corrected chi connectivity index (χ1v) is 8.84. The molecule has 1 N–H and O–H groups in total. The van der Waals surface area contributed by atoms with Crippen LogP contribution in [0.25, 0.3) is 4.85 Å². The van der Waals surface area contributed by atoms with E-state index in [1.54, 1.807) is 18.2 Å². The van der Waals surface area contributed by atoms with Crippen LogP contribution in [0.15, 0.2) is 36.4 Å². The molecule has 0 aliphatic heterocycles. The van der Waals surface area contributed by atoms with Crippen molar-refractivity contribution < 1.29 is 23.4 Å². The highest BCUT2D eigenvalue weighted by Gasteiger charge is 2.23. The summed E-state index contributed by atoms with van der Waals surface area (Å²) < 4.78 is 30.2. The number of anilines is 1. The Kier molecular flexibility index (Phi) is 7.21. The van der Waals surface area contributed by atoms with Gasteiger partial charge in [-0.2, -0.15) is 0 Å². The Balaban J connectivity index is 2.39. The normalized spacial score (nSPS) is 11.5. The van der Waals surface area contributed by atoms with Gasteiger partial charge in [-0.25, -0.2) is 14.0 Å². The topological polar surface area (TPSA) is 61.2 Å². The van der Waals surface area contributed by atoms with Gasteiger partial charge in [0.25, 0.3) is 0 Å². The van der Waals surface area contributed by atoms with Crippen LogP contribution in [0.5, 0.6) is 11.5 Å². The van der Waals surface area contributed by atoms with E-state index >= 15 is 0 Å². The number of nitrogens with zero attached hydrogens (tertiary/aromatic N) is 1. The summed E-state index contributed by atoms with van der Waals surface area (Å²) in [4.78, 5) is 15.4. The lowest BCUT2D eigenvalue weighted by atomic mass is 10.1. The molecule has 28 heavy (non-hydrogen) atoms. The average Bonchev–Trinajstić information content (AvgIpc) is 2.67. The molecule has 0 aliphatic rings. The van der Waals surface area contributed by atoms with E-state index in [2.05, 4.69) is 10.2 Å². The third-order valence-electron chi connectivity index (χ3n) is 3.78. The molecule has 0 aliphatic carbocycles. The van der Waals surface area contributed by atoms with E-state index in [0.717, 1.165) is 0 Å². The van der Waals surface area contributed by atoms with Crippen LogP contribution in [-0.4, -0.2) is 25.8 Å². The summed E-state index contributed by atoms with van der Waals surface area (Å²) in [5.74, 6) is -0.149. The lowest BCUT2D eigenvalue weighted by Gasteiger charge is -2.21. The van der Waals surface area contributed by atoms with Crippen molar-refractivity contribution in [2.24, 2.45) is 0 Å². The average molecular weight is 386 g/mol. The number of methoxy groups -OCH3 is 1. The van der Waals surface area contributed by atoms with Crippen LogP contribution in [0.2, 0.25) is 0 Å². The van der Waals surface area contributed by atoms with Crippen molar-refractivity contribution in [2.75, 3.05) is 19.0 Å². The number of rotatable bonds is 8. The molecule has 1 atom stereocenters. The molecule has 148 valence electrons. The zero-order chi connectivity index (χ0) is 20.7. The van der Waals surface area contributed by atoms with Crippen molar-refractivity contribution in [3.05, 3.63) is 59.2 Å². The molecule has 0 saturated heterocycles. The van der Waals surface area contributed by atoms with Crippen LogP contribution in [0.1, 0.15) is 32.4 Å². The number of ether oxygens (including phenoxy) is 3. The zero-order valence-electron chi connectivity index (χ0n) is 16.3. The molecular weight excluding hydrogens is 363 g/mol. The second-order valence-corrected chi connectivity index (χ2v) is 6.18. The van der Waals surface area contributed by atoms with Crippen molar-refractivity contribution in [3.8, 4) is 11.5 Å². The number of carbonyl (C=O) groups excluding carboxylic acids is 1. The fourth-order valence-corrected chi connectivity index (χ4v) is 2.57. The molecule has 2 rings (SSSR count). The second kappa shape index (κ2) is 9.60. The van der Waals surface area contributed by atoms with Crippen molar-refractivity contribution in [3.63, 3.8) is 0 Å². The number of esters is 1. The lowest BCUT2D eigenvalue weighted by Crippen LogP contribution is -2.22. The maximum Gasteiger partial charge on any atom is 0.332 e. The van der Waals surface area contributed by atoms with Gasteiger partial charge in [-0.05, 0) is 50.6 Å². The second-order valence-electron chi connectivity index (χ2n) is 6.18. The minimum Gasteiger partial charge on any atom is -0.490 e. The Bertz CT molecular complexity index is 877.